The van der Waals surface area contributed by atoms with Crippen molar-refractivity contribution < 1.29 is 19.2 Å². The Kier molecular flexibility index (Phi) is 5.05. The average Bonchev–Trinajstić information content (AvgIpc) is 3.03. The molecular weight excluding hydrogens is 392 g/mol. The predicted molar refractivity (Wildman–Crippen MR) is 99.4 cm³/mol. The highest BCUT2D eigenvalue weighted by molar-refractivity contribution is 6.33. The zero-order valence-electron chi connectivity index (χ0n) is 14.2. The minimum Gasteiger partial charge on any atom is -0.360 e. The van der Waals surface area contributed by atoms with E-state index in [9.17, 15) is 25.0 Å². The first-order chi connectivity index (χ1) is 13.3. The third-order valence-corrected chi connectivity index (χ3v) is 4.19. The molecule has 2 aromatic carbocycles. The van der Waals surface area contributed by atoms with Gasteiger partial charge in [0.15, 0.2) is 0 Å². The van der Waals surface area contributed by atoms with Crippen LogP contribution in [0.15, 0.2) is 47.0 Å². The third kappa shape index (κ3) is 3.53. The van der Waals surface area contributed by atoms with Gasteiger partial charge in [0.1, 0.15) is 22.7 Å². The van der Waals surface area contributed by atoms with Crippen LogP contribution in [-0.2, 0) is 0 Å². The summed E-state index contributed by atoms with van der Waals surface area (Å²) in [6, 6.07) is 9.58. The summed E-state index contributed by atoms with van der Waals surface area (Å²) in [5, 5.41) is 28.7. The Bertz CT molecular complexity index is 1110. The lowest BCUT2D eigenvalue weighted by molar-refractivity contribution is -0.393. The van der Waals surface area contributed by atoms with Crippen LogP contribution in [0.4, 0.5) is 17.1 Å². The van der Waals surface area contributed by atoms with Crippen molar-refractivity contribution in [3.63, 3.8) is 0 Å². The Labute approximate surface area is 162 Å². The van der Waals surface area contributed by atoms with Gasteiger partial charge in [0, 0.05) is 11.6 Å². The van der Waals surface area contributed by atoms with E-state index in [1.54, 1.807) is 24.3 Å². The highest BCUT2D eigenvalue weighted by Gasteiger charge is 2.26. The van der Waals surface area contributed by atoms with E-state index in [0.29, 0.717) is 10.6 Å². The molecule has 11 heteroatoms. The standard InChI is InChI=1S/C17H11ClN4O6/c1-9-15(16(20-28-9)11-4-2-3-5-12(11)18)17(23)19-13-7-6-10(21(24)25)8-14(13)22(26)27/h2-8H,1H3,(H,19,23). The molecule has 0 aliphatic carbocycles. The third-order valence-electron chi connectivity index (χ3n) is 3.86. The molecule has 28 heavy (non-hydrogen) atoms. The minimum atomic E-state index is -0.821. The van der Waals surface area contributed by atoms with Crippen LogP contribution < -0.4 is 5.32 Å². The van der Waals surface area contributed by atoms with Crippen LogP contribution in [0.5, 0.6) is 0 Å². The first-order valence-corrected chi connectivity index (χ1v) is 8.12. The fraction of sp³-hybridized carbons (Fsp3) is 0.0588. The molecule has 1 aromatic heterocycles. The number of aryl methyl sites for hydroxylation is 1. The van der Waals surface area contributed by atoms with Crippen molar-refractivity contribution in [1.29, 1.82) is 0 Å². The summed E-state index contributed by atoms with van der Waals surface area (Å²) >= 11 is 6.15. The molecule has 142 valence electrons. The zero-order chi connectivity index (χ0) is 20.4. The van der Waals surface area contributed by atoms with Gasteiger partial charge in [-0.15, -0.1) is 0 Å². The van der Waals surface area contributed by atoms with Crippen LogP contribution in [0.1, 0.15) is 16.1 Å². The molecule has 0 fully saturated rings. The van der Waals surface area contributed by atoms with Crippen LogP contribution in [0.25, 0.3) is 11.3 Å². The van der Waals surface area contributed by atoms with E-state index < -0.39 is 27.1 Å². The fourth-order valence-electron chi connectivity index (χ4n) is 2.55. The molecule has 0 bridgehead atoms. The van der Waals surface area contributed by atoms with Crippen molar-refractivity contribution in [2.75, 3.05) is 5.32 Å². The van der Waals surface area contributed by atoms with E-state index in [1.807, 2.05) is 0 Å². The summed E-state index contributed by atoms with van der Waals surface area (Å²) in [4.78, 5) is 33.3. The molecule has 1 heterocycles. The van der Waals surface area contributed by atoms with Crippen LogP contribution in [0.2, 0.25) is 5.02 Å². The van der Waals surface area contributed by atoms with Gasteiger partial charge in [0.05, 0.1) is 20.9 Å². The first-order valence-electron chi connectivity index (χ1n) is 7.75. The summed E-state index contributed by atoms with van der Waals surface area (Å²) in [5.41, 5.74) is -0.625. The highest BCUT2D eigenvalue weighted by Crippen LogP contribution is 2.33. The number of nitrogens with zero attached hydrogens (tertiary/aromatic N) is 3. The maximum Gasteiger partial charge on any atom is 0.299 e. The van der Waals surface area contributed by atoms with Crippen molar-refractivity contribution in [3.05, 3.63) is 79.0 Å². The molecule has 1 N–H and O–H groups in total. The summed E-state index contributed by atoms with van der Waals surface area (Å²) in [6.45, 7) is 1.51. The van der Waals surface area contributed by atoms with Crippen molar-refractivity contribution in [3.8, 4) is 11.3 Å². The lowest BCUT2D eigenvalue weighted by Gasteiger charge is -2.07. The zero-order valence-corrected chi connectivity index (χ0v) is 15.0. The Morgan fingerprint density at radius 2 is 1.86 bits per heavy atom. The number of nitro benzene ring substituents is 2. The van der Waals surface area contributed by atoms with Crippen molar-refractivity contribution in [2.24, 2.45) is 0 Å². The summed E-state index contributed by atoms with van der Waals surface area (Å²) < 4.78 is 5.10. The number of aromatic nitrogens is 1. The molecule has 3 aromatic rings. The van der Waals surface area contributed by atoms with Gasteiger partial charge in [0.25, 0.3) is 17.3 Å². The van der Waals surface area contributed by atoms with Crippen molar-refractivity contribution >= 4 is 34.6 Å². The molecule has 0 spiro atoms. The van der Waals surface area contributed by atoms with Gasteiger partial charge in [-0.05, 0) is 19.1 Å². The van der Waals surface area contributed by atoms with E-state index in [-0.39, 0.29) is 22.7 Å². The van der Waals surface area contributed by atoms with Gasteiger partial charge >= 0.3 is 0 Å². The Morgan fingerprint density at radius 1 is 1.14 bits per heavy atom. The number of anilines is 1. The molecule has 0 atom stereocenters. The number of carbonyl (C=O) groups is 1. The number of rotatable bonds is 5. The monoisotopic (exact) mass is 402 g/mol. The van der Waals surface area contributed by atoms with Gasteiger partial charge in [-0.1, -0.05) is 35.0 Å². The number of hydrogen-bond donors (Lipinski definition) is 1. The first kappa shape index (κ1) is 19.0. The summed E-state index contributed by atoms with van der Waals surface area (Å²) in [6.07, 6.45) is 0. The topological polar surface area (TPSA) is 141 Å². The Hall–Kier alpha value is -3.79. The second-order valence-electron chi connectivity index (χ2n) is 5.61. The Morgan fingerprint density at radius 3 is 2.50 bits per heavy atom. The van der Waals surface area contributed by atoms with E-state index in [4.69, 9.17) is 16.1 Å². The second-order valence-corrected chi connectivity index (χ2v) is 6.02. The number of halogens is 1. The maximum atomic E-state index is 12.8. The van der Waals surface area contributed by atoms with Gasteiger partial charge in [-0.2, -0.15) is 0 Å². The van der Waals surface area contributed by atoms with Crippen molar-refractivity contribution in [1.82, 2.24) is 5.16 Å². The summed E-state index contributed by atoms with van der Waals surface area (Å²) in [7, 11) is 0. The van der Waals surface area contributed by atoms with Crippen LogP contribution in [0, 0.1) is 27.2 Å². The van der Waals surface area contributed by atoms with E-state index in [1.165, 1.54) is 6.92 Å². The summed E-state index contributed by atoms with van der Waals surface area (Å²) in [5.74, 6) is -0.553. The lowest BCUT2D eigenvalue weighted by Crippen LogP contribution is -2.14. The number of carbonyl (C=O) groups excluding carboxylic acids is 1. The molecular formula is C17H11ClN4O6. The largest absolute Gasteiger partial charge is 0.360 e. The van der Waals surface area contributed by atoms with Gasteiger partial charge < -0.3 is 9.84 Å². The molecule has 0 unspecified atom stereocenters. The highest BCUT2D eigenvalue weighted by atomic mass is 35.5. The molecule has 3 rings (SSSR count). The van der Waals surface area contributed by atoms with Crippen LogP contribution in [0.3, 0.4) is 0 Å². The van der Waals surface area contributed by atoms with Crippen molar-refractivity contribution in [2.45, 2.75) is 6.92 Å². The SMILES string of the molecule is Cc1onc(-c2ccccc2Cl)c1C(=O)Nc1ccc([N+](=O)[O-])cc1[N+](=O)[O-]. The van der Waals surface area contributed by atoms with E-state index in [2.05, 4.69) is 10.5 Å². The van der Waals surface area contributed by atoms with Gasteiger partial charge in [-0.25, -0.2) is 0 Å². The van der Waals surface area contributed by atoms with E-state index in [0.717, 1.165) is 18.2 Å². The molecule has 0 saturated heterocycles. The molecule has 0 radical (unpaired) electrons. The minimum absolute atomic E-state index is 0.0424. The number of non-ortho nitro benzene ring substituents is 1. The molecule has 0 aliphatic rings. The Balaban J connectivity index is 2.02. The fourth-order valence-corrected chi connectivity index (χ4v) is 2.78. The number of nitro groups is 2. The molecule has 0 aliphatic heterocycles. The number of benzene rings is 2. The lowest BCUT2D eigenvalue weighted by atomic mass is 10.1. The van der Waals surface area contributed by atoms with E-state index >= 15 is 0 Å². The normalized spacial score (nSPS) is 10.5. The molecule has 1 amide bonds. The quantitative estimate of drug-likeness (QED) is 0.493. The van der Waals surface area contributed by atoms with Crippen LogP contribution in [-0.4, -0.2) is 20.9 Å². The molecule has 0 saturated carbocycles. The number of nitrogens with one attached hydrogen (secondary N) is 1. The predicted octanol–water partition coefficient (Wildman–Crippen LogP) is 4.37. The maximum absolute atomic E-state index is 12.8. The van der Waals surface area contributed by atoms with Crippen LogP contribution >= 0.6 is 11.6 Å². The second kappa shape index (κ2) is 7.45. The average molecular weight is 403 g/mol. The number of hydrogen-bond acceptors (Lipinski definition) is 7. The van der Waals surface area contributed by atoms with Gasteiger partial charge in [0.2, 0.25) is 0 Å². The molecule has 10 nitrogen and oxygen atoms in total. The number of amides is 1. The van der Waals surface area contributed by atoms with Gasteiger partial charge in [-0.3, -0.25) is 25.0 Å². The smallest absolute Gasteiger partial charge is 0.299 e.